The number of nitrogens with zero attached hydrogens (tertiary/aromatic N) is 2. The van der Waals surface area contributed by atoms with Crippen molar-refractivity contribution in [2.24, 2.45) is 5.92 Å². The van der Waals surface area contributed by atoms with Crippen molar-refractivity contribution < 1.29 is 23.8 Å². The summed E-state index contributed by atoms with van der Waals surface area (Å²) in [5.41, 5.74) is 3.92. The number of carbonyl (C=O) groups excluding carboxylic acids is 2. The molecule has 3 aromatic rings. The Morgan fingerprint density at radius 1 is 0.784 bits per heavy atom. The van der Waals surface area contributed by atoms with Gasteiger partial charge >= 0.3 is 0 Å². The molecule has 0 aromatic heterocycles. The average molecular weight is 501 g/mol. The molecule has 2 unspecified atom stereocenters. The lowest BCUT2D eigenvalue weighted by atomic mass is 9.86. The SMILES string of the molecule is COc1ccc(C(=O)N2CC(C(=O)N3CCc4ccccc4C3)C(c3cc(OC)ccc3OC)C2)cc1. The van der Waals surface area contributed by atoms with Crippen LogP contribution in [0.15, 0.2) is 66.7 Å². The maximum absolute atomic E-state index is 14.0. The van der Waals surface area contributed by atoms with Gasteiger partial charge in [-0.25, -0.2) is 0 Å². The Kier molecular flexibility index (Phi) is 7.04. The van der Waals surface area contributed by atoms with Crippen molar-refractivity contribution in [2.75, 3.05) is 41.0 Å². The van der Waals surface area contributed by atoms with E-state index in [1.54, 1.807) is 50.5 Å². The summed E-state index contributed by atoms with van der Waals surface area (Å²) in [7, 11) is 4.84. The minimum Gasteiger partial charge on any atom is -0.497 e. The zero-order valence-corrected chi connectivity index (χ0v) is 21.5. The van der Waals surface area contributed by atoms with Crippen LogP contribution in [-0.2, 0) is 17.8 Å². The summed E-state index contributed by atoms with van der Waals surface area (Å²) >= 11 is 0. The van der Waals surface area contributed by atoms with Gasteiger partial charge in [0.1, 0.15) is 17.2 Å². The molecule has 37 heavy (non-hydrogen) atoms. The van der Waals surface area contributed by atoms with Crippen LogP contribution in [0.2, 0.25) is 0 Å². The van der Waals surface area contributed by atoms with Gasteiger partial charge in [0.2, 0.25) is 5.91 Å². The van der Waals surface area contributed by atoms with Crippen molar-refractivity contribution >= 4 is 11.8 Å². The van der Waals surface area contributed by atoms with Crippen molar-refractivity contribution in [3.63, 3.8) is 0 Å². The third-order valence-corrected chi connectivity index (χ3v) is 7.54. The maximum Gasteiger partial charge on any atom is 0.253 e. The Balaban J connectivity index is 1.47. The molecule has 0 aliphatic carbocycles. The molecular formula is C30H32N2O5. The van der Waals surface area contributed by atoms with E-state index in [4.69, 9.17) is 14.2 Å². The zero-order valence-electron chi connectivity index (χ0n) is 21.5. The number of fused-ring (bicyclic) bond motifs is 1. The number of rotatable bonds is 6. The summed E-state index contributed by atoms with van der Waals surface area (Å²) in [6.45, 7) is 2.00. The summed E-state index contributed by atoms with van der Waals surface area (Å²) in [6, 6.07) is 21.0. The number of amides is 2. The van der Waals surface area contributed by atoms with Gasteiger partial charge in [0.05, 0.1) is 27.2 Å². The number of hydrogen-bond acceptors (Lipinski definition) is 5. The van der Waals surface area contributed by atoms with E-state index in [0.717, 1.165) is 12.0 Å². The second-order valence-corrected chi connectivity index (χ2v) is 9.54. The first-order valence-electron chi connectivity index (χ1n) is 12.5. The third-order valence-electron chi connectivity index (χ3n) is 7.54. The molecule has 0 spiro atoms. The molecule has 3 aromatic carbocycles. The highest BCUT2D eigenvalue weighted by atomic mass is 16.5. The van der Waals surface area contributed by atoms with Crippen molar-refractivity contribution in [3.8, 4) is 17.2 Å². The molecular weight excluding hydrogens is 468 g/mol. The first-order chi connectivity index (χ1) is 18.0. The highest BCUT2D eigenvalue weighted by Gasteiger charge is 2.43. The van der Waals surface area contributed by atoms with Gasteiger partial charge in [0.25, 0.3) is 5.91 Å². The van der Waals surface area contributed by atoms with Crippen LogP contribution in [0.5, 0.6) is 17.2 Å². The van der Waals surface area contributed by atoms with Gasteiger partial charge in [-0.1, -0.05) is 24.3 Å². The fourth-order valence-electron chi connectivity index (χ4n) is 5.50. The van der Waals surface area contributed by atoms with Crippen LogP contribution in [0.4, 0.5) is 0 Å². The van der Waals surface area contributed by atoms with E-state index in [2.05, 4.69) is 12.1 Å². The Morgan fingerprint density at radius 3 is 2.19 bits per heavy atom. The highest BCUT2D eigenvalue weighted by molar-refractivity contribution is 5.95. The van der Waals surface area contributed by atoms with Gasteiger partial charge in [0, 0.05) is 43.2 Å². The Labute approximate surface area is 217 Å². The van der Waals surface area contributed by atoms with Crippen LogP contribution in [0, 0.1) is 5.92 Å². The fraction of sp³-hybridized carbons (Fsp3) is 0.333. The molecule has 2 aliphatic rings. The van der Waals surface area contributed by atoms with E-state index < -0.39 is 5.92 Å². The van der Waals surface area contributed by atoms with Gasteiger partial charge in [-0.3, -0.25) is 9.59 Å². The number of ether oxygens (including phenoxy) is 3. The first-order valence-corrected chi connectivity index (χ1v) is 12.5. The normalized spacial score (nSPS) is 18.8. The van der Waals surface area contributed by atoms with Crippen molar-refractivity contribution in [1.82, 2.24) is 9.80 Å². The van der Waals surface area contributed by atoms with E-state index in [1.807, 2.05) is 35.2 Å². The molecule has 2 aliphatic heterocycles. The summed E-state index contributed by atoms with van der Waals surface area (Å²) in [6.07, 6.45) is 0.830. The lowest BCUT2D eigenvalue weighted by Crippen LogP contribution is -2.42. The first kappa shape index (κ1) is 24.7. The number of benzene rings is 3. The van der Waals surface area contributed by atoms with Crippen LogP contribution < -0.4 is 14.2 Å². The maximum atomic E-state index is 14.0. The number of hydrogen-bond donors (Lipinski definition) is 0. The van der Waals surface area contributed by atoms with E-state index in [9.17, 15) is 9.59 Å². The van der Waals surface area contributed by atoms with Crippen LogP contribution in [-0.4, -0.2) is 62.6 Å². The van der Waals surface area contributed by atoms with Gasteiger partial charge in [0.15, 0.2) is 0 Å². The molecule has 7 heteroatoms. The van der Waals surface area contributed by atoms with Crippen LogP contribution in [0.1, 0.15) is 33.0 Å². The van der Waals surface area contributed by atoms with Crippen molar-refractivity contribution in [3.05, 3.63) is 89.0 Å². The quantitative estimate of drug-likeness (QED) is 0.509. The molecule has 5 rings (SSSR count). The summed E-state index contributed by atoms with van der Waals surface area (Å²) in [4.78, 5) is 31.3. The van der Waals surface area contributed by atoms with Crippen molar-refractivity contribution in [1.29, 1.82) is 0 Å². The number of carbonyl (C=O) groups is 2. The molecule has 2 heterocycles. The van der Waals surface area contributed by atoms with Crippen LogP contribution >= 0.6 is 0 Å². The molecule has 1 saturated heterocycles. The molecule has 2 atom stereocenters. The Hall–Kier alpha value is -4.00. The molecule has 2 amide bonds. The second-order valence-electron chi connectivity index (χ2n) is 9.54. The summed E-state index contributed by atoms with van der Waals surface area (Å²) in [5, 5.41) is 0. The number of likely N-dealkylation sites (tertiary alicyclic amines) is 1. The average Bonchev–Trinajstić information content (AvgIpc) is 3.41. The Bertz CT molecular complexity index is 1290. The standard InChI is InChI=1S/C30H32N2O5/c1-35-23-10-8-21(9-11-23)29(33)32-18-26(25-16-24(36-2)12-13-28(25)37-3)27(19-32)30(34)31-15-14-20-6-4-5-7-22(20)17-31/h4-13,16,26-27H,14-15,17-19H2,1-3H3. The lowest BCUT2D eigenvalue weighted by molar-refractivity contribution is -0.136. The summed E-state index contributed by atoms with van der Waals surface area (Å²) in [5.74, 6) is 1.41. The molecule has 192 valence electrons. The van der Waals surface area contributed by atoms with Crippen molar-refractivity contribution in [2.45, 2.75) is 18.9 Å². The van der Waals surface area contributed by atoms with Gasteiger partial charge in [-0.15, -0.1) is 0 Å². The molecule has 0 radical (unpaired) electrons. The monoisotopic (exact) mass is 500 g/mol. The molecule has 1 fully saturated rings. The third kappa shape index (κ3) is 4.86. The molecule has 7 nitrogen and oxygen atoms in total. The molecule has 0 saturated carbocycles. The minimum atomic E-state index is -0.395. The largest absolute Gasteiger partial charge is 0.497 e. The van der Waals surface area contributed by atoms with Gasteiger partial charge in [-0.2, -0.15) is 0 Å². The predicted octanol–water partition coefficient (Wildman–Crippen LogP) is 4.15. The summed E-state index contributed by atoms with van der Waals surface area (Å²) < 4.78 is 16.4. The highest BCUT2D eigenvalue weighted by Crippen LogP contribution is 2.41. The number of methoxy groups -OCH3 is 3. The zero-order chi connectivity index (χ0) is 25.9. The minimum absolute atomic E-state index is 0.0643. The van der Waals surface area contributed by atoms with E-state index in [1.165, 1.54) is 11.1 Å². The topological polar surface area (TPSA) is 68.3 Å². The predicted molar refractivity (Wildman–Crippen MR) is 140 cm³/mol. The van der Waals surface area contributed by atoms with E-state index in [0.29, 0.717) is 49.0 Å². The van der Waals surface area contributed by atoms with Crippen LogP contribution in [0.25, 0.3) is 0 Å². The van der Waals surface area contributed by atoms with Gasteiger partial charge in [-0.05, 0) is 60.0 Å². The Morgan fingerprint density at radius 2 is 1.49 bits per heavy atom. The fourth-order valence-corrected chi connectivity index (χ4v) is 5.50. The second kappa shape index (κ2) is 10.5. The smallest absolute Gasteiger partial charge is 0.253 e. The molecule has 0 N–H and O–H groups in total. The van der Waals surface area contributed by atoms with E-state index in [-0.39, 0.29) is 17.7 Å². The van der Waals surface area contributed by atoms with E-state index >= 15 is 0 Å². The molecule has 0 bridgehead atoms. The van der Waals surface area contributed by atoms with Crippen LogP contribution in [0.3, 0.4) is 0 Å². The van der Waals surface area contributed by atoms with Gasteiger partial charge < -0.3 is 24.0 Å². The lowest BCUT2D eigenvalue weighted by Gasteiger charge is -2.32.